The molecular formula is C19H23NO. The Morgan fingerprint density at radius 2 is 2.05 bits per heavy atom. The van der Waals surface area contributed by atoms with Gasteiger partial charge in [0.25, 0.3) is 0 Å². The third-order valence-electron chi connectivity index (χ3n) is 5.55. The van der Waals surface area contributed by atoms with Crippen molar-refractivity contribution in [1.82, 2.24) is 5.32 Å². The first kappa shape index (κ1) is 13.1. The molecule has 1 N–H and O–H groups in total. The number of hydrogen-bond donors (Lipinski definition) is 1. The summed E-state index contributed by atoms with van der Waals surface area (Å²) in [5.41, 5.74) is 2.67. The predicted molar refractivity (Wildman–Crippen MR) is 86.1 cm³/mol. The Labute approximate surface area is 126 Å². The second-order valence-electron chi connectivity index (χ2n) is 7.25. The Bertz CT molecular complexity index is 676. The van der Waals surface area contributed by atoms with Crippen LogP contribution in [0.2, 0.25) is 0 Å². The Hall–Kier alpha value is -1.54. The maximum Gasteiger partial charge on any atom is 0.134 e. The van der Waals surface area contributed by atoms with Crippen molar-refractivity contribution in [2.45, 2.75) is 45.2 Å². The van der Waals surface area contributed by atoms with E-state index in [9.17, 15) is 0 Å². The molecule has 0 amide bonds. The second-order valence-corrected chi connectivity index (χ2v) is 7.25. The standard InChI is InChI=1S/C19H23NO/c1-12-8-9-14-11-15(12)18(20-19(14,2)3)17-10-13-6-4-5-7-16(13)21-17/h4-8,10,14-15,18,20H,9,11H2,1-3H3/t14-,15-,18-/m1/s1. The molecule has 1 aliphatic carbocycles. The number of furan rings is 1. The topological polar surface area (TPSA) is 25.2 Å². The summed E-state index contributed by atoms with van der Waals surface area (Å²) in [6.45, 7) is 6.94. The Balaban J connectivity index is 1.78. The summed E-state index contributed by atoms with van der Waals surface area (Å²) in [6.07, 6.45) is 4.91. The van der Waals surface area contributed by atoms with E-state index >= 15 is 0 Å². The summed E-state index contributed by atoms with van der Waals surface area (Å²) in [5, 5.41) is 5.07. The van der Waals surface area contributed by atoms with Crippen molar-refractivity contribution in [2.75, 3.05) is 0 Å². The lowest BCUT2D eigenvalue weighted by molar-refractivity contribution is 0.0996. The Kier molecular flexibility index (Phi) is 2.80. The third kappa shape index (κ3) is 2.04. The summed E-state index contributed by atoms with van der Waals surface area (Å²) in [6, 6.07) is 10.8. The first-order valence-electron chi connectivity index (χ1n) is 7.97. The molecule has 21 heavy (non-hydrogen) atoms. The molecule has 2 aliphatic rings. The maximum atomic E-state index is 6.15. The average Bonchev–Trinajstić information content (AvgIpc) is 2.88. The fourth-order valence-electron chi connectivity index (χ4n) is 4.10. The van der Waals surface area contributed by atoms with Gasteiger partial charge in [-0.1, -0.05) is 29.8 Å². The van der Waals surface area contributed by atoms with E-state index in [2.05, 4.69) is 56.4 Å². The predicted octanol–water partition coefficient (Wildman–Crippen LogP) is 4.83. The lowest BCUT2D eigenvalue weighted by Gasteiger charge is -2.49. The smallest absolute Gasteiger partial charge is 0.134 e. The van der Waals surface area contributed by atoms with E-state index in [0.29, 0.717) is 12.0 Å². The highest BCUT2D eigenvalue weighted by Gasteiger charge is 2.44. The van der Waals surface area contributed by atoms with Crippen LogP contribution in [0.5, 0.6) is 0 Å². The third-order valence-corrected chi connectivity index (χ3v) is 5.55. The molecule has 2 nitrogen and oxygen atoms in total. The van der Waals surface area contributed by atoms with Gasteiger partial charge in [0, 0.05) is 16.8 Å². The first-order chi connectivity index (χ1) is 10.0. The van der Waals surface area contributed by atoms with Crippen molar-refractivity contribution >= 4 is 11.0 Å². The van der Waals surface area contributed by atoms with Crippen molar-refractivity contribution in [3.63, 3.8) is 0 Å². The highest BCUT2D eigenvalue weighted by molar-refractivity contribution is 5.77. The molecule has 2 aromatic rings. The van der Waals surface area contributed by atoms with Gasteiger partial charge in [0.15, 0.2) is 0 Å². The number of rotatable bonds is 1. The van der Waals surface area contributed by atoms with Gasteiger partial charge in [-0.25, -0.2) is 0 Å². The summed E-state index contributed by atoms with van der Waals surface area (Å²) in [5.74, 6) is 2.38. The monoisotopic (exact) mass is 281 g/mol. The van der Waals surface area contributed by atoms with Crippen molar-refractivity contribution < 1.29 is 4.42 Å². The van der Waals surface area contributed by atoms with Gasteiger partial charge in [0.2, 0.25) is 0 Å². The Morgan fingerprint density at radius 1 is 1.24 bits per heavy atom. The molecule has 0 radical (unpaired) electrons. The lowest BCUT2D eigenvalue weighted by atomic mass is 9.66. The van der Waals surface area contributed by atoms with Crippen LogP contribution in [0, 0.1) is 11.8 Å². The van der Waals surface area contributed by atoms with Gasteiger partial charge in [0.1, 0.15) is 11.3 Å². The van der Waals surface area contributed by atoms with E-state index in [4.69, 9.17) is 4.42 Å². The van der Waals surface area contributed by atoms with E-state index in [0.717, 1.165) is 17.3 Å². The van der Waals surface area contributed by atoms with E-state index in [-0.39, 0.29) is 5.54 Å². The van der Waals surface area contributed by atoms with Crippen LogP contribution in [0.4, 0.5) is 0 Å². The molecule has 2 heteroatoms. The normalized spacial score (nSPS) is 31.2. The quantitative estimate of drug-likeness (QED) is 0.757. The molecule has 4 rings (SSSR count). The second kappa shape index (κ2) is 4.48. The van der Waals surface area contributed by atoms with Crippen LogP contribution < -0.4 is 5.32 Å². The zero-order chi connectivity index (χ0) is 14.6. The number of piperidine rings is 1. The van der Waals surface area contributed by atoms with E-state index in [1.807, 2.05) is 6.07 Å². The fourth-order valence-corrected chi connectivity index (χ4v) is 4.10. The van der Waals surface area contributed by atoms with Gasteiger partial charge in [-0.05, 0) is 51.7 Å². The molecule has 1 fully saturated rings. The van der Waals surface area contributed by atoms with Gasteiger partial charge in [-0.15, -0.1) is 0 Å². The minimum absolute atomic E-state index is 0.164. The summed E-state index contributed by atoms with van der Waals surface area (Å²) in [4.78, 5) is 0. The van der Waals surface area contributed by atoms with Crippen LogP contribution in [-0.4, -0.2) is 5.54 Å². The average molecular weight is 281 g/mol. The van der Waals surface area contributed by atoms with Crippen LogP contribution in [0.3, 0.4) is 0 Å². The molecule has 0 unspecified atom stereocenters. The van der Waals surface area contributed by atoms with Gasteiger partial charge in [0.05, 0.1) is 6.04 Å². The van der Waals surface area contributed by atoms with Crippen molar-refractivity contribution in [1.29, 1.82) is 0 Å². The number of allylic oxidation sites excluding steroid dienone is 1. The van der Waals surface area contributed by atoms with Crippen LogP contribution in [-0.2, 0) is 0 Å². The Morgan fingerprint density at radius 3 is 2.86 bits per heavy atom. The fraction of sp³-hybridized carbons (Fsp3) is 0.474. The molecule has 1 aromatic carbocycles. The van der Waals surface area contributed by atoms with E-state index in [1.165, 1.54) is 23.8 Å². The first-order valence-corrected chi connectivity index (χ1v) is 7.97. The molecule has 2 heterocycles. The molecule has 3 atom stereocenters. The van der Waals surface area contributed by atoms with Crippen LogP contribution in [0.25, 0.3) is 11.0 Å². The van der Waals surface area contributed by atoms with Crippen LogP contribution in [0.15, 0.2) is 46.4 Å². The molecule has 0 spiro atoms. The summed E-state index contributed by atoms with van der Waals surface area (Å²) >= 11 is 0. The highest BCUT2D eigenvalue weighted by atomic mass is 16.3. The summed E-state index contributed by atoms with van der Waals surface area (Å²) in [7, 11) is 0. The maximum absolute atomic E-state index is 6.15. The molecule has 1 aliphatic heterocycles. The number of benzene rings is 1. The van der Waals surface area contributed by atoms with Gasteiger partial charge < -0.3 is 9.73 Å². The lowest BCUT2D eigenvalue weighted by Crippen LogP contribution is -2.55. The van der Waals surface area contributed by atoms with Crippen LogP contribution >= 0.6 is 0 Å². The molecule has 1 saturated heterocycles. The van der Waals surface area contributed by atoms with Crippen LogP contribution in [0.1, 0.15) is 45.4 Å². The minimum Gasteiger partial charge on any atom is -0.459 e. The molecule has 110 valence electrons. The zero-order valence-corrected chi connectivity index (χ0v) is 13.0. The largest absolute Gasteiger partial charge is 0.459 e. The number of para-hydroxylation sites is 1. The molecule has 1 aromatic heterocycles. The summed E-state index contributed by atoms with van der Waals surface area (Å²) < 4.78 is 6.15. The van der Waals surface area contributed by atoms with Gasteiger partial charge >= 0.3 is 0 Å². The number of nitrogens with one attached hydrogen (secondary N) is 1. The number of fused-ring (bicyclic) bond motifs is 3. The zero-order valence-electron chi connectivity index (χ0n) is 13.0. The molecule has 0 saturated carbocycles. The van der Waals surface area contributed by atoms with E-state index < -0.39 is 0 Å². The SMILES string of the molecule is CC1=CC[C@@H]2C[C@H]1[C@H](c1cc3ccccc3o1)NC2(C)C. The van der Waals surface area contributed by atoms with Crippen molar-refractivity contribution in [3.05, 3.63) is 47.7 Å². The minimum atomic E-state index is 0.164. The van der Waals surface area contributed by atoms with Crippen molar-refractivity contribution in [3.8, 4) is 0 Å². The van der Waals surface area contributed by atoms with Crippen molar-refractivity contribution in [2.24, 2.45) is 11.8 Å². The van der Waals surface area contributed by atoms with Gasteiger partial charge in [-0.3, -0.25) is 0 Å². The molecule has 2 bridgehead atoms. The van der Waals surface area contributed by atoms with Gasteiger partial charge in [-0.2, -0.15) is 0 Å². The number of hydrogen-bond acceptors (Lipinski definition) is 2. The molecular weight excluding hydrogens is 258 g/mol. The highest BCUT2D eigenvalue weighted by Crippen LogP contribution is 2.47. The van der Waals surface area contributed by atoms with E-state index in [1.54, 1.807) is 0 Å².